The van der Waals surface area contributed by atoms with Gasteiger partial charge < -0.3 is 14.8 Å². The second-order valence-electron chi connectivity index (χ2n) is 9.61. The number of carbonyl (C=O) groups excluding carboxylic acids is 3. The molecule has 2 aliphatic carbocycles. The molecule has 6 nitrogen and oxygen atoms in total. The molecule has 1 saturated carbocycles. The standard InChI is InChI=1S/C27H32FNO5/c1-15-13-20-24(25(30)21(15)26(31)33-3)23(17-9-8-10-18(28)14-17)22(16(2)29-20)27(32)34-19-11-6-4-5-7-12-19/h8-10,14-15,19,21,23,29H,4-7,11-13H2,1-3H3/t15-,21-,23-/m1/s1. The molecule has 0 unspecified atom stereocenters. The molecule has 7 heteroatoms. The Hall–Kier alpha value is -2.96. The second-order valence-corrected chi connectivity index (χ2v) is 9.61. The SMILES string of the molecule is COC(=O)[C@H]1C(=O)C2=C(C[C@H]1C)NC(C)=C(C(=O)OC1CCCCCC1)[C@H]2c1cccc(F)c1. The lowest BCUT2D eigenvalue weighted by Gasteiger charge is -2.38. The Kier molecular flexibility index (Phi) is 7.19. The monoisotopic (exact) mass is 469 g/mol. The van der Waals surface area contributed by atoms with Gasteiger partial charge in [-0.25, -0.2) is 9.18 Å². The lowest BCUT2D eigenvalue weighted by molar-refractivity contribution is -0.151. The number of dihydropyridines is 1. The Morgan fingerprint density at radius 3 is 2.47 bits per heavy atom. The van der Waals surface area contributed by atoms with Crippen LogP contribution in [0.4, 0.5) is 4.39 Å². The number of benzene rings is 1. The largest absolute Gasteiger partial charge is 0.468 e. The summed E-state index contributed by atoms with van der Waals surface area (Å²) in [5.74, 6) is -4.03. The first-order chi connectivity index (χ1) is 16.3. The van der Waals surface area contributed by atoms with E-state index in [1.54, 1.807) is 19.1 Å². The van der Waals surface area contributed by atoms with Gasteiger partial charge in [0.05, 0.1) is 12.7 Å². The zero-order valence-electron chi connectivity index (χ0n) is 20.0. The Morgan fingerprint density at radius 2 is 1.82 bits per heavy atom. The summed E-state index contributed by atoms with van der Waals surface area (Å²) in [6, 6.07) is 5.92. The summed E-state index contributed by atoms with van der Waals surface area (Å²) >= 11 is 0. The lowest BCUT2D eigenvalue weighted by Crippen LogP contribution is -2.43. The molecule has 0 radical (unpaired) electrons. The van der Waals surface area contributed by atoms with Crippen molar-refractivity contribution in [2.24, 2.45) is 11.8 Å². The fraction of sp³-hybridized carbons (Fsp3) is 0.519. The van der Waals surface area contributed by atoms with Gasteiger partial charge in [-0.2, -0.15) is 0 Å². The maximum absolute atomic E-state index is 14.3. The molecule has 3 aliphatic rings. The van der Waals surface area contributed by atoms with E-state index in [0.29, 0.717) is 34.5 Å². The van der Waals surface area contributed by atoms with Crippen molar-refractivity contribution in [3.8, 4) is 0 Å². The zero-order valence-corrected chi connectivity index (χ0v) is 20.0. The number of hydrogen-bond donors (Lipinski definition) is 1. The molecule has 4 rings (SSSR count). The van der Waals surface area contributed by atoms with Crippen LogP contribution < -0.4 is 5.32 Å². The molecule has 1 aromatic carbocycles. The van der Waals surface area contributed by atoms with Gasteiger partial charge in [0.2, 0.25) is 0 Å². The Labute approximate surface area is 199 Å². The van der Waals surface area contributed by atoms with Gasteiger partial charge in [0.1, 0.15) is 17.8 Å². The van der Waals surface area contributed by atoms with Crippen molar-refractivity contribution in [1.29, 1.82) is 0 Å². The molecule has 1 heterocycles. The second kappa shape index (κ2) is 10.1. The zero-order chi connectivity index (χ0) is 24.4. The predicted octanol–water partition coefficient (Wildman–Crippen LogP) is 4.70. The summed E-state index contributed by atoms with van der Waals surface area (Å²) in [5, 5.41) is 3.24. The summed E-state index contributed by atoms with van der Waals surface area (Å²) in [7, 11) is 1.26. The minimum Gasteiger partial charge on any atom is -0.468 e. The van der Waals surface area contributed by atoms with Gasteiger partial charge in [0.25, 0.3) is 0 Å². The lowest BCUT2D eigenvalue weighted by atomic mass is 9.69. The highest BCUT2D eigenvalue weighted by Gasteiger charge is 2.47. The number of ketones is 1. The van der Waals surface area contributed by atoms with Gasteiger partial charge in [-0.3, -0.25) is 9.59 Å². The van der Waals surface area contributed by atoms with Crippen molar-refractivity contribution in [2.45, 2.75) is 70.8 Å². The predicted molar refractivity (Wildman–Crippen MR) is 124 cm³/mol. The highest BCUT2D eigenvalue weighted by molar-refractivity contribution is 6.12. The number of rotatable bonds is 4. The number of allylic oxidation sites excluding steroid dienone is 3. The number of nitrogens with one attached hydrogen (secondary N) is 1. The normalized spacial score (nSPS) is 25.9. The van der Waals surface area contributed by atoms with Crippen LogP contribution in [0, 0.1) is 17.7 Å². The van der Waals surface area contributed by atoms with Crippen LogP contribution in [0.3, 0.4) is 0 Å². The Morgan fingerprint density at radius 1 is 1.12 bits per heavy atom. The van der Waals surface area contributed by atoms with E-state index in [1.807, 2.05) is 6.92 Å². The van der Waals surface area contributed by atoms with Crippen molar-refractivity contribution in [3.63, 3.8) is 0 Å². The summed E-state index contributed by atoms with van der Waals surface area (Å²) < 4.78 is 25.1. The van der Waals surface area contributed by atoms with Crippen LogP contribution in [0.2, 0.25) is 0 Å². The molecule has 3 atom stereocenters. The number of ether oxygens (including phenoxy) is 2. The molecule has 1 aromatic rings. The van der Waals surface area contributed by atoms with E-state index in [-0.39, 0.29) is 12.0 Å². The highest BCUT2D eigenvalue weighted by Crippen LogP contribution is 2.45. The van der Waals surface area contributed by atoms with Crippen LogP contribution in [-0.4, -0.2) is 30.9 Å². The molecule has 1 N–H and O–H groups in total. The molecular formula is C27H32FNO5. The minimum atomic E-state index is -0.973. The van der Waals surface area contributed by atoms with Crippen LogP contribution in [0.15, 0.2) is 46.8 Å². The van der Waals surface area contributed by atoms with E-state index >= 15 is 0 Å². The van der Waals surface area contributed by atoms with Crippen LogP contribution in [-0.2, 0) is 23.9 Å². The van der Waals surface area contributed by atoms with E-state index in [0.717, 1.165) is 38.5 Å². The first kappa shape index (κ1) is 24.2. The average Bonchev–Trinajstić information content (AvgIpc) is 3.06. The number of halogens is 1. The van der Waals surface area contributed by atoms with Crippen LogP contribution in [0.1, 0.15) is 70.3 Å². The van der Waals surface area contributed by atoms with Crippen molar-refractivity contribution < 1.29 is 28.2 Å². The number of Topliss-reactive ketones (excluding diaryl/α,β-unsaturated/α-hetero) is 1. The van der Waals surface area contributed by atoms with Gasteiger partial charge in [-0.05, 0) is 62.6 Å². The summed E-state index contributed by atoms with van der Waals surface area (Å²) in [4.78, 5) is 39.7. The molecule has 0 amide bonds. The smallest absolute Gasteiger partial charge is 0.337 e. The van der Waals surface area contributed by atoms with E-state index < -0.39 is 35.4 Å². The number of esters is 2. The van der Waals surface area contributed by atoms with E-state index in [4.69, 9.17) is 9.47 Å². The molecule has 1 fully saturated rings. The van der Waals surface area contributed by atoms with E-state index in [2.05, 4.69) is 5.32 Å². The molecule has 1 aliphatic heterocycles. The van der Waals surface area contributed by atoms with E-state index in [9.17, 15) is 18.8 Å². The summed E-state index contributed by atoms with van der Waals surface area (Å²) in [5.41, 5.74) is 2.34. The minimum absolute atomic E-state index is 0.177. The molecule has 0 aromatic heterocycles. The van der Waals surface area contributed by atoms with Crippen molar-refractivity contribution >= 4 is 17.7 Å². The summed E-state index contributed by atoms with van der Waals surface area (Å²) in [6.45, 7) is 3.61. The van der Waals surface area contributed by atoms with Crippen LogP contribution in [0.5, 0.6) is 0 Å². The average molecular weight is 470 g/mol. The molecule has 0 spiro atoms. The highest BCUT2D eigenvalue weighted by atomic mass is 19.1. The van der Waals surface area contributed by atoms with Crippen molar-refractivity contribution in [2.75, 3.05) is 7.11 Å². The number of methoxy groups -OCH3 is 1. The van der Waals surface area contributed by atoms with Gasteiger partial charge >= 0.3 is 11.9 Å². The third-order valence-electron chi connectivity index (χ3n) is 7.22. The first-order valence-electron chi connectivity index (χ1n) is 12.1. The maximum Gasteiger partial charge on any atom is 0.337 e. The maximum atomic E-state index is 14.3. The van der Waals surface area contributed by atoms with E-state index in [1.165, 1.54) is 19.2 Å². The van der Waals surface area contributed by atoms with Crippen molar-refractivity contribution in [3.05, 3.63) is 58.2 Å². The van der Waals surface area contributed by atoms with Crippen LogP contribution >= 0.6 is 0 Å². The fourth-order valence-electron chi connectivity index (χ4n) is 5.55. The number of hydrogen-bond acceptors (Lipinski definition) is 6. The van der Waals surface area contributed by atoms with Gasteiger partial charge in [0, 0.05) is 22.9 Å². The third kappa shape index (κ3) is 4.65. The summed E-state index contributed by atoms with van der Waals surface area (Å²) in [6.07, 6.45) is 6.15. The molecule has 0 bridgehead atoms. The van der Waals surface area contributed by atoms with Crippen LogP contribution in [0.25, 0.3) is 0 Å². The quantitative estimate of drug-likeness (QED) is 0.391. The Balaban J connectivity index is 1.77. The van der Waals surface area contributed by atoms with Gasteiger partial charge in [0.15, 0.2) is 5.78 Å². The van der Waals surface area contributed by atoms with Crippen molar-refractivity contribution in [1.82, 2.24) is 5.32 Å². The Bertz CT molecular complexity index is 1050. The molecular weight excluding hydrogens is 437 g/mol. The number of carbonyl (C=O) groups is 3. The molecule has 34 heavy (non-hydrogen) atoms. The fourth-order valence-corrected chi connectivity index (χ4v) is 5.55. The van der Waals surface area contributed by atoms with Gasteiger partial charge in [-0.1, -0.05) is 31.9 Å². The van der Waals surface area contributed by atoms with Gasteiger partial charge in [-0.15, -0.1) is 0 Å². The third-order valence-corrected chi connectivity index (χ3v) is 7.22. The molecule has 182 valence electrons. The molecule has 0 saturated heterocycles. The topological polar surface area (TPSA) is 81.7 Å². The first-order valence-corrected chi connectivity index (χ1v) is 12.1.